The van der Waals surface area contributed by atoms with E-state index >= 15 is 0 Å². The average molecular weight is 620 g/mol. The number of ether oxygens (including phenoxy) is 2. The normalized spacial score (nSPS) is 13.9. The van der Waals surface area contributed by atoms with Crippen molar-refractivity contribution in [1.82, 2.24) is 5.32 Å². The number of hydrogen-bond donors (Lipinski definition) is 3. The Hall–Kier alpha value is -2.00. The van der Waals surface area contributed by atoms with Crippen LogP contribution in [0.2, 0.25) is 0 Å². The number of rotatable bonds is 10. The van der Waals surface area contributed by atoms with Crippen LogP contribution < -0.4 is 10.1 Å². The maximum absolute atomic E-state index is 12.9. The number of carbonyl (C=O) groups excluding carboxylic acids is 2. The third-order valence-electron chi connectivity index (χ3n) is 4.78. The van der Waals surface area contributed by atoms with E-state index in [9.17, 15) is 24.4 Å². The molecule has 11 heteroatoms. The van der Waals surface area contributed by atoms with Crippen molar-refractivity contribution in [2.45, 2.75) is 45.5 Å². The molecule has 34 heavy (non-hydrogen) atoms. The predicted octanol–water partition coefficient (Wildman–Crippen LogP) is 5.61. The van der Waals surface area contributed by atoms with E-state index in [-0.39, 0.29) is 29.6 Å². The van der Waals surface area contributed by atoms with Gasteiger partial charge in [-0.2, -0.15) is 0 Å². The van der Waals surface area contributed by atoms with Gasteiger partial charge in [0, 0.05) is 12.5 Å². The summed E-state index contributed by atoms with van der Waals surface area (Å²) < 4.78 is 23.2. The van der Waals surface area contributed by atoms with Gasteiger partial charge in [-0.25, -0.2) is 4.79 Å². The van der Waals surface area contributed by atoms with Crippen LogP contribution in [0, 0.1) is 5.92 Å². The zero-order chi connectivity index (χ0) is 25.6. The summed E-state index contributed by atoms with van der Waals surface area (Å²) in [4.78, 5) is 25.1. The fourth-order valence-electron chi connectivity index (χ4n) is 3.04. The summed E-state index contributed by atoms with van der Waals surface area (Å²) in [6.45, 7) is 7.14. The highest BCUT2D eigenvalue weighted by molar-refractivity contribution is 9.11. The van der Waals surface area contributed by atoms with Crippen LogP contribution in [-0.2, 0) is 19.4 Å². The van der Waals surface area contributed by atoms with Crippen molar-refractivity contribution in [3.05, 3.63) is 50.4 Å². The van der Waals surface area contributed by atoms with E-state index in [1.54, 1.807) is 19.1 Å². The number of hydrogen-bond acceptors (Lipinski definition) is 7. The molecule has 0 saturated carbocycles. The van der Waals surface area contributed by atoms with Crippen LogP contribution in [0.4, 0.5) is 0 Å². The topological polar surface area (TPSA) is 122 Å². The molecule has 0 fully saturated rings. The molecule has 0 radical (unpaired) electrons. The first kappa shape index (κ1) is 28.2. The van der Waals surface area contributed by atoms with Gasteiger partial charge in [-0.15, -0.1) is 0 Å². The molecule has 2 rings (SSSR count). The van der Waals surface area contributed by atoms with Gasteiger partial charge in [0.1, 0.15) is 17.5 Å². The highest BCUT2D eigenvalue weighted by Gasteiger charge is 2.33. The van der Waals surface area contributed by atoms with Crippen molar-refractivity contribution in [2.75, 3.05) is 6.61 Å². The Labute approximate surface area is 216 Å². The Balaban J connectivity index is 2.32. The zero-order valence-electron chi connectivity index (χ0n) is 19.1. The van der Waals surface area contributed by atoms with Crippen molar-refractivity contribution in [2.24, 2.45) is 5.92 Å². The Morgan fingerprint density at radius 2 is 1.79 bits per heavy atom. The van der Waals surface area contributed by atoms with Crippen molar-refractivity contribution in [3.8, 4) is 17.2 Å². The molecule has 0 spiro atoms. The van der Waals surface area contributed by atoms with Crippen LogP contribution >= 0.6 is 40.3 Å². The molecule has 0 aliphatic rings. The summed E-state index contributed by atoms with van der Waals surface area (Å²) in [5.74, 6) is -0.765. The summed E-state index contributed by atoms with van der Waals surface area (Å²) >= 11 is 6.76. The maximum atomic E-state index is 12.9. The fraction of sp³-hybridized carbons (Fsp3) is 0.391. The monoisotopic (exact) mass is 618 g/mol. The molecule has 2 aromatic carbocycles. The van der Waals surface area contributed by atoms with E-state index in [0.29, 0.717) is 26.7 Å². The van der Waals surface area contributed by atoms with Crippen LogP contribution in [0.15, 0.2) is 39.3 Å². The van der Waals surface area contributed by atoms with Crippen molar-refractivity contribution < 1.29 is 33.8 Å². The summed E-state index contributed by atoms with van der Waals surface area (Å²) in [5, 5.41) is 21.6. The largest absolute Gasteiger partial charge is 0.507 e. The highest BCUT2D eigenvalue weighted by atomic mass is 79.9. The molecular weight excluding hydrogens is 593 g/mol. The molecule has 2 aromatic rings. The summed E-state index contributed by atoms with van der Waals surface area (Å²) in [5.41, 5.74) is 0.336. The molecule has 0 aromatic heterocycles. The Kier molecular flexibility index (Phi) is 10.1. The number of benzene rings is 2. The van der Waals surface area contributed by atoms with E-state index in [1.807, 2.05) is 13.8 Å². The number of halogens is 2. The summed E-state index contributed by atoms with van der Waals surface area (Å²) in [6, 6.07) is 6.44. The van der Waals surface area contributed by atoms with Gasteiger partial charge in [-0.3, -0.25) is 4.79 Å². The summed E-state index contributed by atoms with van der Waals surface area (Å²) in [7, 11) is -0.970. The van der Waals surface area contributed by atoms with Gasteiger partial charge in [0.25, 0.3) is 11.2 Å². The number of esters is 1. The second kappa shape index (κ2) is 12.1. The van der Waals surface area contributed by atoms with Gasteiger partial charge in [-0.1, -0.05) is 18.4 Å². The van der Waals surface area contributed by atoms with Crippen molar-refractivity contribution in [3.63, 3.8) is 0 Å². The number of phenolic OH excluding ortho intramolecular Hbond substituents is 1. The second-order valence-electron chi connectivity index (χ2n) is 8.13. The van der Waals surface area contributed by atoms with Gasteiger partial charge >= 0.3 is 14.4 Å². The molecule has 3 N–H and O–H groups in total. The van der Waals surface area contributed by atoms with Gasteiger partial charge in [-0.05, 0) is 81.5 Å². The number of nitrogens with one attached hydrogen (secondary N) is 1. The lowest BCUT2D eigenvalue weighted by atomic mass is 10.0. The first-order valence-electron chi connectivity index (χ1n) is 10.5. The number of phenols is 1. The number of carbonyl (C=O) groups is 2. The number of aliphatic hydroxyl groups is 1. The van der Waals surface area contributed by atoms with E-state index in [4.69, 9.17) is 9.47 Å². The number of amides is 1. The lowest BCUT2D eigenvalue weighted by Gasteiger charge is -2.19. The minimum Gasteiger partial charge on any atom is -0.507 e. The number of aromatic hydroxyl groups is 1. The molecular formula is C23H27Br2NO7P+. The third-order valence-corrected chi connectivity index (χ3v) is 6.64. The average Bonchev–Trinajstić information content (AvgIpc) is 2.76. The van der Waals surface area contributed by atoms with Crippen LogP contribution in [-0.4, -0.2) is 34.7 Å². The van der Waals surface area contributed by atoms with Gasteiger partial charge in [0.05, 0.1) is 21.1 Å². The Bertz CT molecular complexity index is 1050. The lowest BCUT2D eigenvalue weighted by molar-refractivity contribution is -0.145. The summed E-state index contributed by atoms with van der Waals surface area (Å²) in [6.07, 6.45) is 0.376. The quantitative estimate of drug-likeness (QED) is 0.233. The fourth-order valence-corrected chi connectivity index (χ4v) is 4.65. The van der Waals surface area contributed by atoms with Gasteiger partial charge in [0.2, 0.25) is 0 Å². The molecule has 0 heterocycles. The first-order valence-corrected chi connectivity index (χ1v) is 13.0. The molecule has 3 atom stereocenters. The van der Waals surface area contributed by atoms with Crippen LogP contribution in [0.1, 0.15) is 50.0 Å². The van der Waals surface area contributed by atoms with Crippen LogP contribution in [0.3, 0.4) is 0 Å². The minimum atomic E-state index is -1.53. The van der Waals surface area contributed by atoms with Gasteiger partial charge < -0.3 is 25.0 Å². The van der Waals surface area contributed by atoms with Crippen LogP contribution in [0.5, 0.6) is 17.2 Å². The van der Waals surface area contributed by atoms with E-state index < -0.39 is 31.7 Å². The van der Waals surface area contributed by atoms with E-state index in [0.717, 1.165) is 0 Å². The molecule has 3 unspecified atom stereocenters. The highest BCUT2D eigenvalue weighted by Crippen LogP contribution is 2.42. The molecule has 0 aliphatic heterocycles. The Morgan fingerprint density at radius 3 is 2.32 bits per heavy atom. The Morgan fingerprint density at radius 1 is 1.18 bits per heavy atom. The second-order valence-corrected chi connectivity index (χ2v) is 11.0. The van der Waals surface area contributed by atoms with Gasteiger partial charge in [0.15, 0.2) is 5.75 Å². The predicted molar refractivity (Wildman–Crippen MR) is 136 cm³/mol. The standard InChI is InChI=1S/C23H26Br2NO7P/c1-5-32-22(29)18(8-12(2)3)26-21(28)15-11-14(6-7-19(15)27)33-20-16(24)9-13(10-17(20)25)23(4,30)34-31/h6-7,9-12,18,27,30H,5,8H2,1-4H3,(H,26,28)/p+1. The smallest absolute Gasteiger partial charge is 0.364 e. The molecule has 184 valence electrons. The molecule has 0 bridgehead atoms. The van der Waals surface area contributed by atoms with Crippen LogP contribution in [0.25, 0.3) is 0 Å². The lowest BCUT2D eigenvalue weighted by Crippen LogP contribution is -2.42. The molecule has 0 saturated heterocycles. The van der Waals surface area contributed by atoms with Crippen molar-refractivity contribution >= 4 is 52.2 Å². The van der Waals surface area contributed by atoms with Crippen molar-refractivity contribution in [1.29, 1.82) is 0 Å². The van der Waals surface area contributed by atoms with E-state index in [2.05, 4.69) is 37.2 Å². The molecule has 0 aliphatic carbocycles. The third kappa shape index (κ3) is 7.25. The molecule has 1 amide bonds. The maximum Gasteiger partial charge on any atom is 0.364 e. The van der Waals surface area contributed by atoms with E-state index in [1.165, 1.54) is 25.1 Å². The molecule has 8 nitrogen and oxygen atoms in total. The first-order chi connectivity index (χ1) is 15.9. The minimum absolute atomic E-state index is 0.0742. The zero-order valence-corrected chi connectivity index (χ0v) is 23.3. The SMILES string of the molecule is CCOC(=O)C(CC(C)C)NC(=O)c1cc(Oc2c(Br)cc(C(C)(O)[PH+]=O)cc2Br)ccc1O.